The molecule has 7 heteroatoms. The minimum Gasteiger partial charge on any atom is -0.395 e. The molecule has 0 aromatic carbocycles. The first-order valence-electron chi connectivity index (χ1n) is 2.88. The number of hydrogen-bond donors (Lipinski definition) is 2. The number of azide groups is 1. The van der Waals surface area contributed by atoms with Gasteiger partial charge in [0.1, 0.15) is 18.2 Å². The quantitative estimate of drug-likeness (QED) is 0.367. The van der Waals surface area contributed by atoms with E-state index in [4.69, 9.17) is 10.6 Å². The number of rotatable bonds is 3. The Labute approximate surface area is 61.7 Å². The van der Waals surface area contributed by atoms with Crippen LogP contribution in [0.15, 0.2) is 11.4 Å². The largest absolute Gasteiger partial charge is 0.395 e. The predicted octanol–water partition coefficient (Wildman–Crippen LogP) is 0.148. The molecule has 1 aromatic heterocycles. The van der Waals surface area contributed by atoms with Gasteiger partial charge in [-0.25, -0.2) is 4.98 Å². The van der Waals surface area contributed by atoms with E-state index in [1.807, 2.05) is 0 Å². The number of hydrogen-bond acceptors (Lipinski definition) is 4. The molecule has 0 saturated heterocycles. The summed E-state index contributed by atoms with van der Waals surface area (Å²) < 4.78 is 0. The molecule has 11 heavy (non-hydrogen) atoms. The Hall–Kier alpha value is -1.59. The molecule has 1 aromatic rings. The smallest absolute Gasteiger partial charge is 0.137 e. The maximum atomic E-state index is 8.68. The van der Waals surface area contributed by atoms with Crippen molar-refractivity contribution in [2.24, 2.45) is 5.11 Å². The number of nitrogens with zero attached hydrogens (tertiary/aromatic N) is 5. The number of aliphatic hydroxyl groups is 1. The number of H-pyrrole nitrogens is 1. The van der Waals surface area contributed by atoms with Gasteiger partial charge >= 0.3 is 0 Å². The fourth-order valence-corrected chi connectivity index (χ4v) is 0.615. The summed E-state index contributed by atoms with van der Waals surface area (Å²) in [5.74, 6) is 0.366. The maximum absolute atomic E-state index is 8.68. The summed E-state index contributed by atoms with van der Waals surface area (Å²) >= 11 is 0. The Morgan fingerprint density at radius 3 is 3.18 bits per heavy atom. The van der Waals surface area contributed by atoms with Gasteiger partial charge in [-0.3, -0.25) is 5.10 Å². The third-order valence-corrected chi connectivity index (χ3v) is 1.11. The average molecular weight is 154 g/mol. The van der Waals surface area contributed by atoms with Crippen LogP contribution in [-0.2, 0) is 0 Å². The third kappa shape index (κ3) is 1.66. The van der Waals surface area contributed by atoms with Crippen LogP contribution in [0.3, 0.4) is 0 Å². The van der Waals surface area contributed by atoms with Gasteiger partial charge in [-0.2, -0.15) is 5.10 Å². The number of aliphatic hydroxyl groups excluding tert-OH is 1. The molecule has 0 fully saturated rings. The summed E-state index contributed by atoms with van der Waals surface area (Å²) in [4.78, 5) is 6.25. The summed E-state index contributed by atoms with van der Waals surface area (Å²) in [5.41, 5.74) is 8.05. The standard InChI is InChI=1S/C4H6N6O/c5-10-8-3(1-11)4-6-2-7-9-4/h2-3,11H,1H2,(H,6,7,9). The molecule has 7 nitrogen and oxygen atoms in total. The monoisotopic (exact) mass is 154 g/mol. The van der Waals surface area contributed by atoms with E-state index >= 15 is 0 Å². The van der Waals surface area contributed by atoms with Gasteiger partial charge in [-0.15, -0.1) is 0 Å². The van der Waals surface area contributed by atoms with Crippen LogP contribution in [0.5, 0.6) is 0 Å². The van der Waals surface area contributed by atoms with E-state index in [1.54, 1.807) is 0 Å². The van der Waals surface area contributed by atoms with E-state index < -0.39 is 6.04 Å². The number of aromatic nitrogens is 3. The topological polar surface area (TPSA) is 111 Å². The Kier molecular flexibility index (Phi) is 2.42. The Morgan fingerprint density at radius 2 is 2.73 bits per heavy atom. The molecule has 1 atom stereocenters. The van der Waals surface area contributed by atoms with Gasteiger partial charge in [0.15, 0.2) is 0 Å². The van der Waals surface area contributed by atoms with E-state index in [0.717, 1.165) is 0 Å². The van der Waals surface area contributed by atoms with Crippen molar-refractivity contribution in [3.8, 4) is 0 Å². The molecule has 0 aliphatic rings. The molecule has 0 spiro atoms. The van der Waals surface area contributed by atoms with Crippen molar-refractivity contribution in [2.45, 2.75) is 6.04 Å². The number of aromatic amines is 1. The van der Waals surface area contributed by atoms with Crippen LogP contribution in [0, 0.1) is 0 Å². The molecule has 0 radical (unpaired) electrons. The van der Waals surface area contributed by atoms with Crippen molar-refractivity contribution < 1.29 is 5.11 Å². The predicted molar refractivity (Wildman–Crippen MR) is 35.4 cm³/mol. The first kappa shape index (κ1) is 7.52. The highest BCUT2D eigenvalue weighted by Crippen LogP contribution is 2.09. The Bertz CT molecular complexity index is 250. The van der Waals surface area contributed by atoms with E-state index in [2.05, 4.69) is 25.2 Å². The van der Waals surface area contributed by atoms with E-state index in [0.29, 0.717) is 5.82 Å². The lowest BCUT2D eigenvalue weighted by Gasteiger charge is -1.99. The van der Waals surface area contributed by atoms with Gasteiger partial charge in [0, 0.05) is 4.91 Å². The Balaban J connectivity index is 2.79. The second kappa shape index (κ2) is 3.55. The van der Waals surface area contributed by atoms with E-state index in [9.17, 15) is 0 Å². The first-order valence-corrected chi connectivity index (χ1v) is 2.88. The average Bonchev–Trinajstić information content (AvgIpc) is 2.52. The molecule has 1 rings (SSSR count). The van der Waals surface area contributed by atoms with Gasteiger partial charge in [-0.1, -0.05) is 5.11 Å². The van der Waals surface area contributed by atoms with Crippen molar-refractivity contribution in [1.29, 1.82) is 0 Å². The highest BCUT2D eigenvalue weighted by atomic mass is 16.3. The van der Waals surface area contributed by atoms with E-state index in [1.165, 1.54) is 6.33 Å². The molecule has 0 aliphatic heterocycles. The van der Waals surface area contributed by atoms with Crippen LogP contribution in [-0.4, -0.2) is 26.9 Å². The van der Waals surface area contributed by atoms with Crippen LogP contribution in [0.1, 0.15) is 11.9 Å². The van der Waals surface area contributed by atoms with Gasteiger partial charge in [0.25, 0.3) is 0 Å². The van der Waals surface area contributed by atoms with Crippen LogP contribution in [0.25, 0.3) is 10.4 Å². The van der Waals surface area contributed by atoms with E-state index in [-0.39, 0.29) is 6.61 Å². The lowest BCUT2D eigenvalue weighted by Crippen LogP contribution is -2.01. The zero-order valence-corrected chi connectivity index (χ0v) is 5.55. The minimum absolute atomic E-state index is 0.279. The van der Waals surface area contributed by atoms with Gasteiger partial charge < -0.3 is 5.11 Å². The maximum Gasteiger partial charge on any atom is 0.137 e. The third-order valence-electron chi connectivity index (χ3n) is 1.11. The van der Waals surface area contributed by atoms with Crippen molar-refractivity contribution in [2.75, 3.05) is 6.61 Å². The fraction of sp³-hybridized carbons (Fsp3) is 0.500. The highest BCUT2D eigenvalue weighted by molar-refractivity contribution is 4.90. The second-order valence-corrected chi connectivity index (χ2v) is 1.77. The lowest BCUT2D eigenvalue weighted by molar-refractivity contribution is 0.263. The molecule has 2 N–H and O–H groups in total. The molecule has 0 aliphatic carbocycles. The van der Waals surface area contributed by atoms with Crippen molar-refractivity contribution in [1.82, 2.24) is 15.2 Å². The highest BCUT2D eigenvalue weighted by Gasteiger charge is 2.09. The summed E-state index contributed by atoms with van der Waals surface area (Å²) in [6.07, 6.45) is 1.28. The molecule has 1 unspecified atom stereocenters. The minimum atomic E-state index is -0.664. The van der Waals surface area contributed by atoms with Crippen LogP contribution in [0.2, 0.25) is 0 Å². The fourth-order valence-electron chi connectivity index (χ4n) is 0.615. The van der Waals surface area contributed by atoms with Crippen LogP contribution >= 0.6 is 0 Å². The summed E-state index contributed by atoms with van der Waals surface area (Å²) in [7, 11) is 0. The van der Waals surface area contributed by atoms with Crippen molar-refractivity contribution in [3.05, 3.63) is 22.6 Å². The Morgan fingerprint density at radius 1 is 1.91 bits per heavy atom. The molecule has 58 valence electrons. The van der Waals surface area contributed by atoms with Gasteiger partial charge in [0.2, 0.25) is 0 Å². The summed E-state index contributed by atoms with van der Waals surface area (Å²) in [6, 6.07) is -0.664. The van der Waals surface area contributed by atoms with Gasteiger partial charge in [0.05, 0.1) is 6.61 Å². The summed E-state index contributed by atoms with van der Waals surface area (Å²) in [6.45, 7) is -0.279. The second-order valence-electron chi connectivity index (χ2n) is 1.77. The number of nitrogens with one attached hydrogen (secondary N) is 1. The summed E-state index contributed by atoms with van der Waals surface area (Å²) in [5, 5.41) is 18.0. The molecular weight excluding hydrogens is 148 g/mol. The first-order chi connectivity index (χ1) is 5.38. The molecular formula is C4H6N6O. The van der Waals surface area contributed by atoms with Crippen LogP contribution in [0.4, 0.5) is 0 Å². The van der Waals surface area contributed by atoms with Gasteiger partial charge in [-0.05, 0) is 5.53 Å². The van der Waals surface area contributed by atoms with Crippen molar-refractivity contribution in [3.63, 3.8) is 0 Å². The van der Waals surface area contributed by atoms with Crippen LogP contribution < -0.4 is 0 Å². The molecule has 0 saturated carbocycles. The normalized spacial score (nSPS) is 12.1. The SMILES string of the molecule is [N-]=[N+]=NC(CO)c1ncn[nH]1. The lowest BCUT2D eigenvalue weighted by atomic mass is 10.3. The molecule has 0 bridgehead atoms. The van der Waals surface area contributed by atoms with Crippen molar-refractivity contribution >= 4 is 0 Å². The molecule has 0 amide bonds. The molecule has 1 heterocycles. The zero-order valence-electron chi connectivity index (χ0n) is 5.55. The zero-order chi connectivity index (χ0) is 8.10.